The topological polar surface area (TPSA) is 83.5 Å². The van der Waals surface area contributed by atoms with Gasteiger partial charge in [-0.3, -0.25) is 9.59 Å². The fraction of sp³-hybridized carbons (Fsp3) is 0.833. The lowest BCUT2D eigenvalue weighted by atomic mass is 10.2. The van der Waals surface area contributed by atoms with Crippen LogP contribution in [0.4, 0.5) is 0 Å². The van der Waals surface area contributed by atoms with Crippen molar-refractivity contribution in [1.82, 2.24) is 4.57 Å². The summed E-state index contributed by atoms with van der Waals surface area (Å²) in [7, 11) is 2.60. The molecule has 0 aromatic carbocycles. The minimum absolute atomic E-state index is 0.173. The van der Waals surface area contributed by atoms with Crippen molar-refractivity contribution in [3.05, 3.63) is 0 Å². The van der Waals surface area contributed by atoms with Gasteiger partial charge in [0.15, 0.2) is 0 Å². The van der Waals surface area contributed by atoms with Crippen molar-refractivity contribution in [3.8, 4) is 0 Å². The van der Waals surface area contributed by atoms with Gasteiger partial charge in [-0.2, -0.15) is 0 Å². The normalized spacial score (nSPS) is 13.1. The molecule has 0 saturated carbocycles. The number of hydrogen-bond acceptors (Lipinski definition) is 8. The molecule has 9 heteroatoms. The average Bonchev–Trinajstić information content (AvgIpc) is 2.47. The third-order valence-corrected chi connectivity index (χ3v) is 5.62. The Morgan fingerprint density at radius 3 is 1.86 bits per heavy atom. The van der Waals surface area contributed by atoms with Crippen molar-refractivity contribution in [3.63, 3.8) is 0 Å². The molecule has 0 aliphatic carbocycles. The largest absolute Gasteiger partial charge is 0.599 e. The summed E-state index contributed by atoms with van der Waals surface area (Å²) in [5.74, 6) is -1.07. The maximum atomic E-state index is 12.1. The van der Waals surface area contributed by atoms with Gasteiger partial charge in [0.2, 0.25) is 0 Å². The van der Waals surface area contributed by atoms with E-state index in [4.69, 9.17) is 22.8 Å². The molecular weight excluding hydrogens is 298 g/mol. The second-order valence-electron chi connectivity index (χ2n) is 4.02. The van der Waals surface area contributed by atoms with Gasteiger partial charge in [-0.05, 0) is 20.9 Å². The first-order valence-electron chi connectivity index (χ1n) is 6.62. The molecule has 0 N–H and O–H groups in total. The molecule has 21 heavy (non-hydrogen) atoms. The van der Waals surface area contributed by atoms with Crippen LogP contribution >= 0.6 is 0 Å². The number of ether oxygens (including phenoxy) is 2. The zero-order chi connectivity index (χ0) is 16.5. The summed E-state index contributed by atoms with van der Waals surface area (Å²) < 4.78 is 27.3. The second-order valence-corrected chi connectivity index (χ2v) is 7.00. The van der Waals surface area contributed by atoms with Crippen molar-refractivity contribution < 1.29 is 32.3 Å². The Bertz CT molecular complexity index is 327. The molecule has 0 aliphatic heterocycles. The van der Waals surface area contributed by atoms with Gasteiger partial charge < -0.3 is 22.8 Å². The maximum Gasteiger partial charge on any atom is 0.599 e. The van der Waals surface area contributed by atoms with Crippen molar-refractivity contribution >= 4 is 20.9 Å². The molecule has 0 spiro atoms. The molecule has 0 amide bonds. The lowest BCUT2D eigenvalue weighted by molar-refractivity contribution is -0.155. The van der Waals surface area contributed by atoms with Gasteiger partial charge in [0.1, 0.15) is 6.04 Å². The van der Waals surface area contributed by atoms with Crippen LogP contribution in [0.5, 0.6) is 0 Å². The van der Waals surface area contributed by atoms with Crippen LogP contribution in [0.1, 0.15) is 20.3 Å². The number of hydrogen-bond donors (Lipinski definition) is 0. The number of esters is 2. The van der Waals surface area contributed by atoms with E-state index in [-0.39, 0.29) is 19.6 Å². The molecule has 1 atom stereocenters. The molecule has 0 aliphatic rings. The molecule has 0 radical (unpaired) electrons. The molecule has 0 aromatic heterocycles. The monoisotopic (exact) mass is 323 g/mol. The van der Waals surface area contributed by atoms with Crippen molar-refractivity contribution in [1.29, 1.82) is 0 Å². The first kappa shape index (κ1) is 20.0. The second kappa shape index (κ2) is 9.85. The van der Waals surface area contributed by atoms with E-state index in [0.717, 1.165) is 0 Å². The van der Waals surface area contributed by atoms with Crippen LogP contribution in [0.2, 0.25) is 0 Å². The highest BCUT2D eigenvalue weighted by atomic mass is 28.4. The van der Waals surface area contributed by atoms with Crippen LogP contribution in [0.3, 0.4) is 0 Å². The molecular formula is C12H25NO7Si. The Morgan fingerprint density at radius 1 is 1.00 bits per heavy atom. The average molecular weight is 323 g/mol. The molecule has 1 unspecified atom stereocenters. The summed E-state index contributed by atoms with van der Waals surface area (Å²) in [6.07, 6.45) is -0.173. The van der Waals surface area contributed by atoms with Crippen LogP contribution in [0.25, 0.3) is 0 Å². The van der Waals surface area contributed by atoms with Crippen LogP contribution in [0.15, 0.2) is 0 Å². The fourth-order valence-corrected chi connectivity index (χ4v) is 3.81. The SMILES string of the molecule is CCOC(=O)CC(C(=O)OCC)N(C)[Si](OC)(OC)OC. The van der Waals surface area contributed by atoms with Gasteiger partial charge in [-0.15, -0.1) is 0 Å². The molecule has 0 rings (SSSR count). The third kappa shape index (κ3) is 5.36. The molecule has 0 bridgehead atoms. The summed E-state index contributed by atoms with van der Waals surface area (Å²) in [4.78, 5) is 23.8. The zero-order valence-electron chi connectivity index (χ0n) is 13.5. The number of likely N-dealkylation sites (N-methyl/N-ethyl adjacent to an activating group) is 1. The Kier molecular flexibility index (Phi) is 9.38. The Morgan fingerprint density at radius 2 is 1.48 bits per heavy atom. The van der Waals surface area contributed by atoms with Gasteiger partial charge in [-0.25, -0.2) is 4.57 Å². The van der Waals surface area contributed by atoms with E-state index >= 15 is 0 Å². The Hall–Kier alpha value is -1.00. The summed E-state index contributed by atoms with van der Waals surface area (Å²) in [5, 5.41) is 0. The van der Waals surface area contributed by atoms with Crippen LogP contribution in [-0.2, 0) is 32.3 Å². The van der Waals surface area contributed by atoms with E-state index in [2.05, 4.69) is 0 Å². The first-order chi connectivity index (χ1) is 9.92. The summed E-state index contributed by atoms with van der Waals surface area (Å²) in [5.41, 5.74) is 0. The molecule has 0 fully saturated rings. The van der Waals surface area contributed by atoms with Crippen molar-refractivity contribution in [2.24, 2.45) is 0 Å². The number of rotatable bonds is 10. The van der Waals surface area contributed by atoms with Crippen molar-refractivity contribution in [2.45, 2.75) is 26.3 Å². The summed E-state index contributed by atoms with van der Waals surface area (Å²) >= 11 is 0. The van der Waals surface area contributed by atoms with Crippen LogP contribution in [0, 0.1) is 0 Å². The lowest BCUT2D eigenvalue weighted by Crippen LogP contribution is -2.63. The van der Waals surface area contributed by atoms with E-state index in [1.165, 1.54) is 25.9 Å². The van der Waals surface area contributed by atoms with Gasteiger partial charge in [0.25, 0.3) is 0 Å². The van der Waals surface area contributed by atoms with Gasteiger partial charge in [0, 0.05) is 21.3 Å². The first-order valence-corrected chi connectivity index (χ1v) is 8.30. The predicted molar refractivity (Wildman–Crippen MR) is 76.2 cm³/mol. The molecule has 0 aromatic rings. The van der Waals surface area contributed by atoms with E-state index in [9.17, 15) is 9.59 Å². The number of nitrogens with zero attached hydrogens (tertiary/aromatic N) is 1. The quantitative estimate of drug-likeness (QED) is 0.416. The highest BCUT2D eigenvalue weighted by molar-refractivity contribution is 6.57. The third-order valence-electron chi connectivity index (χ3n) is 2.90. The highest BCUT2D eigenvalue weighted by Crippen LogP contribution is 2.18. The maximum absolute atomic E-state index is 12.1. The molecule has 0 heterocycles. The molecule has 0 saturated heterocycles. The van der Waals surface area contributed by atoms with Crippen molar-refractivity contribution in [2.75, 3.05) is 41.6 Å². The predicted octanol–water partition coefficient (Wildman–Crippen LogP) is 0.178. The smallest absolute Gasteiger partial charge is 0.466 e. The van der Waals surface area contributed by atoms with Gasteiger partial charge in [-0.1, -0.05) is 0 Å². The van der Waals surface area contributed by atoms with Gasteiger partial charge >= 0.3 is 20.9 Å². The molecule has 124 valence electrons. The van der Waals surface area contributed by atoms with Gasteiger partial charge in [0.05, 0.1) is 19.6 Å². The summed E-state index contributed by atoms with van der Waals surface area (Å²) in [6, 6.07) is -0.907. The number of carbonyl (C=O) groups is 2. The Balaban J connectivity index is 5.26. The van der Waals surface area contributed by atoms with E-state index in [0.29, 0.717) is 0 Å². The summed E-state index contributed by atoms with van der Waals surface area (Å²) in [6.45, 7) is 3.82. The zero-order valence-corrected chi connectivity index (χ0v) is 14.5. The minimum atomic E-state index is -3.24. The van der Waals surface area contributed by atoms with E-state index in [1.54, 1.807) is 20.9 Å². The number of carbonyl (C=O) groups excluding carboxylic acids is 2. The minimum Gasteiger partial charge on any atom is -0.466 e. The van der Waals surface area contributed by atoms with Crippen LogP contribution in [-0.4, -0.2) is 73.1 Å². The standard InChI is InChI=1S/C12H25NO7Si/c1-7-19-11(14)9-10(12(15)20-8-2)13(3)21(16-4,17-5)18-6/h10H,7-9H2,1-6H3. The Labute approximate surface area is 126 Å². The van der Waals surface area contributed by atoms with Crippen LogP contribution < -0.4 is 0 Å². The van der Waals surface area contributed by atoms with E-state index in [1.807, 2.05) is 0 Å². The highest BCUT2D eigenvalue weighted by Gasteiger charge is 2.50. The molecule has 8 nitrogen and oxygen atoms in total. The fourth-order valence-electron chi connectivity index (χ4n) is 1.87. The van der Waals surface area contributed by atoms with E-state index < -0.39 is 26.9 Å². The lowest BCUT2D eigenvalue weighted by Gasteiger charge is -2.36.